The fourth-order valence-electron chi connectivity index (χ4n) is 2.56. The zero-order chi connectivity index (χ0) is 14.8. The van der Waals surface area contributed by atoms with E-state index in [9.17, 15) is 0 Å². The maximum absolute atomic E-state index is 6.34. The van der Waals surface area contributed by atoms with E-state index in [-0.39, 0.29) is 6.04 Å². The Bertz CT molecular complexity index is 766. The molecule has 0 spiro atoms. The predicted molar refractivity (Wildman–Crippen MR) is 93.8 cm³/mol. The monoisotopic (exact) mass is 335 g/mol. The van der Waals surface area contributed by atoms with E-state index >= 15 is 0 Å². The molecule has 0 saturated heterocycles. The summed E-state index contributed by atoms with van der Waals surface area (Å²) in [6.45, 7) is 0. The van der Waals surface area contributed by atoms with E-state index < -0.39 is 0 Å². The van der Waals surface area contributed by atoms with Crippen molar-refractivity contribution in [1.82, 2.24) is 5.32 Å². The number of hydrogen-bond acceptors (Lipinski definition) is 2. The fraction of sp³-hybridized carbons (Fsp3) is 0.176. The summed E-state index contributed by atoms with van der Waals surface area (Å²) < 4.78 is 1.32. The third kappa shape index (κ3) is 3.09. The first-order valence-corrected chi connectivity index (χ1v) is 8.40. The van der Waals surface area contributed by atoms with Gasteiger partial charge in [-0.3, -0.25) is 0 Å². The van der Waals surface area contributed by atoms with Crippen LogP contribution >= 0.6 is 34.5 Å². The van der Waals surface area contributed by atoms with Gasteiger partial charge in [-0.15, -0.1) is 11.3 Å². The Labute approximate surface area is 138 Å². The summed E-state index contributed by atoms with van der Waals surface area (Å²) in [6.07, 6.45) is 0.905. The lowest BCUT2D eigenvalue weighted by molar-refractivity contribution is 0.595. The van der Waals surface area contributed by atoms with E-state index in [1.165, 1.54) is 15.6 Å². The molecule has 1 aromatic heterocycles. The van der Waals surface area contributed by atoms with Crippen molar-refractivity contribution in [3.63, 3.8) is 0 Å². The molecular weight excluding hydrogens is 321 g/mol. The van der Waals surface area contributed by atoms with Gasteiger partial charge in [0.05, 0.1) is 0 Å². The van der Waals surface area contributed by atoms with Crippen molar-refractivity contribution in [1.29, 1.82) is 0 Å². The summed E-state index contributed by atoms with van der Waals surface area (Å²) in [4.78, 5) is 0. The molecule has 1 N–H and O–H groups in total. The number of benzene rings is 2. The number of fused-ring (bicyclic) bond motifs is 1. The van der Waals surface area contributed by atoms with Crippen LogP contribution < -0.4 is 5.32 Å². The summed E-state index contributed by atoms with van der Waals surface area (Å²) in [5, 5.41) is 8.30. The summed E-state index contributed by atoms with van der Waals surface area (Å²) in [7, 11) is 1.96. The molecule has 3 rings (SSSR count). The molecule has 0 radical (unpaired) electrons. The molecule has 1 heterocycles. The van der Waals surface area contributed by atoms with Crippen molar-refractivity contribution in [3.8, 4) is 0 Å². The highest BCUT2D eigenvalue weighted by molar-refractivity contribution is 7.17. The number of halogens is 2. The van der Waals surface area contributed by atoms with Crippen molar-refractivity contribution in [2.45, 2.75) is 12.5 Å². The van der Waals surface area contributed by atoms with E-state index in [1.807, 2.05) is 19.2 Å². The van der Waals surface area contributed by atoms with Gasteiger partial charge in [0.25, 0.3) is 0 Å². The molecule has 108 valence electrons. The highest BCUT2D eigenvalue weighted by atomic mass is 35.5. The van der Waals surface area contributed by atoms with Gasteiger partial charge in [0.2, 0.25) is 0 Å². The Morgan fingerprint density at radius 2 is 1.95 bits per heavy atom. The summed E-state index contributed by atoms with van der Waals surface area (Å²) in [6, 6.07) is 14.4. The molecule has 3 aromatic rings. The summed E-state index contributed by atoms with van der Waals surface area (Å²) in [5.41, 5.74) is 2.43. The first-order chi connectivity index (χ1) is 10.2. The van der Waals surface area contributed by atoms with Crippen LogP contribution in [0.5, 0.6) is 0 Å². The Hall–Kier alpha value is -1.06. The molecule has 1 atom stereocenters. The SMILES string of the molecule is CNC(Cc1csc2ccccc12)c1ccc(Cl)cc1Cl. The number of rotatable bonds is 4. The van der Waals surface area contributed by atoms with Crippen molar-refractivity contribution in [2.24, 2.45) is 0 Å². The summed E-state index contributed by atoms with van der Waals surface area (Å²) >= 11 is 14.1. The van der Waals surface area contributed by atoms with Crippen LogP contribution in [0.25, 0.3) is 10.1 Å². The molecular formula is C17H15Cl2NS. The minimum Gasteiger partial charge on any atom is -0.313 e. The number of thiophene rings is 1. The highest BCUT2D eigenvalue weighted by Gasteiger charge is 2.16. The number of hydrogen-bond donors (Lipinski definition) is 1. The Kier molecular flexibility index (Phi) is 4.51. The maximum atomic E-state index is 6.34. The van der Waals surface area contributed by atoms with Gasteiger partial charge < -0.3 is 5.32 Å². The van der Waals surface area contributed by atoms with Crippen LogP contribution in [0, 0.1) is 0 Å². The minimum atomic E-state index is 0.174. The van der Waals surface area contributed by atoms with Gasteiger partial charge in [-0.2, -0.15) is 0 Å². The van der Waals surface area contributed by atoms with E-state index in [0.717, 1.165) is 12.0 Å². The predicted octanol–water partition coefficient (Wildman–Crippen LogP) is 5.71. The minimum absolute atomic E-state index is 0.174. The molecule has 0 aliphatic heterocycles. The molecule has 0 fully saturated rings. The van der Waals surface area contributed by atoms with Crippen LogP contribution in [-0.4, -0.2) is 7.05 Å². The molecule has 0 amide bonds. The largest absolute Gasteiger partial charge is 0.313 e. The lowest BCUT2D eigenvalue weighted by atomic mass is 9.98. The molecule has 21 heavy (non-hydrogen) atoms. The first-order valence-electron chi connectivity index (χ1n) is 6.76. The summed E-state index contributed by atoms with van der Waals surface area (Å²) in [5.74, 6) is 0. The van der Waals surface area contributed by atoms with Crippen LogP contribution in [0.2, 0.25) is 10.0 Å². The van der Waals surface area contributed by atoms with Crippen molar-refractivity contribution >= 4 is 44.6 Å². The second-order valence-electron chi connectivity index (χ2n) is 4.97. The molecule has 2 aromatic carbocycles. The van der Waals surface area contributed by atoms with E-state index in [1.54, 1.807) is 17.4 Å². The van der Waals surface area contributed by atoms with E-state index in [4.69, 9.17) is 23.2 Å². The van der Waals surface area contributed by atoms with Crippen LogP contribution in [-0.2, 0) is 6.42 Å². The second kappa shape index (κ2) is 6.37. The molecule has 1 nitrogen and oxygen atoms in total. The zero-order valence-electron chi connectivity index (χ0n) is 11.6. The fourth-order valence-corrected chi connectivity index (χ4v) is 4.08. The molecule has 0 bridgehead atoms. The van der Waals surface area contributed by atoms with Crippen LogP contribution in [0.3, 0.4) is 0 Å². The van der Waals surface area contributed by atoms with Gasteiger partial charge in [-0.1, -0.05) is 47.5 Å². The van der Waals surface area contributed by atoms with Gasteiger partial charge in [-0.25, -0.2) is 0 Å². The van der Waals surface area contributed by atoms with Crippen molar-refractivity contribution < 1.29 is 0 Å². The molecule has 4 heteroatoms. The quantitative estimate of drug-likeness (QED) is 0.643. The van der Waals surface area contributed by atoms with Crippen LogP contribution in [0.1, 0.15) is 17.2 Å². The molecule has 0 saturated carbocycles. The molecule has 0 aliphatic carbocycles. The van der Waals surface area contributed by atoms with Gasteiger partial charge in [0.15, 0.2) is 0 Å². The molecule has 1 unspecified atom stereocenters. The third-order valence-corrected chi connectivity index (χ3v) is 5.25. The number of likely N-dealkylation sites (N-methyl/N-ethyl adjacent to an activating group) is 1. The van der Waals surface area contributed by atoms with Crippen LogP contribution in [0.15, 0.2) is 47.8 Å². The van der Waals surface area contributed by atoms with Gasteiger partial charge in [-0.05, 0) is 53.6 Å². The van der Waals surface area contributed by atoms with Crippen molar-refractivity contribution in [3.05, 3.63) is 69.0 Å². The maximum Gasteiger partial charge on any atom is 0.0468 e. The lowest BCUT2D eigenvalue weighted by Gasteiger charge is -2.18. The standard InChI is InChI=1S/C17H15Cl2NS/c1-20-16(14-7-6-12(18)9-15(14)19)8-11-10-21-17-5-3-2-4-13(11)17/h2-7,9-10,16,20H,8H2,1H3. The topological polar surface area (TPSA) is 12.0 Å². The van der Waals surface area contributed by atoms with Gasteiger partial charge in [0, 0.05) is 20.8 Å². The first kappa shape index (κ1) is 14.9. The Balaban J connectivity index is 1.94. The average Bonchev–Trinajstić information content (AvgIpc) is 2.89. The zero-order valence-corrected chi connectivity index (χ0v) is 13.9. The second-order valence-corrected chi connectivity index (χ2v) is 6.72. The van der Waals surface area contributed by atoms with E-state index in [2.05, 4.69) is 35.0 Å². The lowest BCUT2D eigenvalue weighted by Crippen LogP contribution is -2.19. The van der Waals surface area contributed by atoms with E-state index in [0.29, 0.717) is 10.0 Å². The van der Waals surface area contributed by atoms with Crippen molar-refractivity contribution in [2.75, 3.05) is 7.05 Å². The van der Waals surface area contributed by atoms with Gasteiger partial charge in [0.1, 0.15) is 0 Å². The average molecular weight is 336 g/mol. The smallest absolute Gasteiger partial charge is 0.0468 e. The van der Waals surface area contributed by atoms with Crippen LogP contribution in [0.4, 0.5) is 0 Å². The Morgan fingerprint density at radius 1 is 1.14 bits per heavy atom. The third-order valence-electron chi connectivity index (χ3n) is 3.67. The number of nitrogens with one attached hydrogen (secondary N) is 1. The highest BCUT2D eigenvalue weighted by Crippen LogP contribution is 2.32. The normalized spacial score (nSPS) is 12.7. The Morgan fingerprint density at radius 3 is 2.71 bits per heavy atom. The molecule has 0 aliphatic rings. The van der Waals surface area contributed by atoms with Gasteiger partial charge >= 0.3 is 0 Å².